The maximum atomic E-state index is 12.1. The molecule has 104 valence electrons. The fourth-order valence-corrected chi connectivity index (χ4v) is 2.15. The molecule has 2 N–H and O–H groups in total. The van der Waals surface area contributed by atoms with Crippen LogP contribution < -0.4 is 5.32 Å². The van der Waals surface area contributed by atoms with Gasteiger partial charge in [0.1, 0.15) is 5.75 Å². The van der Waals surface area contributed by atoms with E-state index in [4.69, 9.17) is 4.74 Å². The number of carbonyl (C=O) groups is 1. The number of anilines is 1. The fraction of sp³-hybridized carbons (Fsp3) is 0.133. The minimum Gasteiger partial charge on any atom is -0.507 e. The van der Waals surface area contributed by atoms with Gasteiger partial charge in [-0.3, -0.25) is 4.79 Å². The van der Waals surface area contributed by atoms with E-state index in [1.807, 2.05) is 18.2 Å². The standard InChI is InChI=1S/C15H14BrNO3/c1-20-9-10-3-2-4-12(7-10)17-15(19)13-6-5-11(16)8-14(13)18/h2-8,18H,9H2,1H3,(H,17,19). The third-order valence-electron chi connectivity index (χ3n) is 2.70. The highest BCUT2D eigenvalue weighted by molar-refractivity contribution is 9.10. The zero-order valence-corrected chi connectivity index (χ0v) is 12.5. The van der Waals surface area contributed by atoms with Crippen LogP contribution in [0.2, 0.25) is 0 Å². The van der Waals surface area contributed by atoms with Gasteiger partial charge in [-0.15, -0.1) is 0 Å². The molecule has 0 aliphatic heterocycles. The van der Waals surface area contributed by atoms with E-state index in [1.54, 1.807) is 25.3 Å². The molecule has 2 rings (SSSR count). The second-order valence-electron chi connectivity index (χ2n) is 4.25. The van der Waals surface area contributed by atoms with Gasteiger partial charge in [0, 0.05) is 17.3 Å². The van der Waals surface area contributed by atoms with Crippen molar-refractivity contribution in [1.82, 2.24) is 0 Å². The van der Waals surface area contributed by atoms with Crippen molar-refractivity contribution in [3.63, 3.8) is 0 Å². The smallest absolute Gasteiger partial charge is 0.259 e. The van der Waals surface area contributed by atoms with Crippen molar-refractivity contribution in [2.45, 2.75) is 6.61 Å². The first-order chi connectivity index (χ1) is 9.60. The minimum atomic E-state index is -0.357. The molecule has 0 saturated heterocycles. The van der Waals surface area contributed by atoms with Crippen molar-refractivity contribution in [3.05, 3.63) is 58.1 Å². The summed E-state index contributed by atoms with van der Waals surface area (Å²) >= 11 is 3.23. The Bertz CT molecular complexity index is 628. The highest BCUT2D eigenvalue weighted by atomic mass is 79.9. The molecule has 0 radical (unpaired) electrons. The van der Waals surface area contributed by atoms with Crippen molar-refractivity contribution in [2.75, 3.05) is 12.4 Å². The summed E-state index contributed by atoms with van der Waals surface area (Å²) in [4.78, 5) is 12.1. The summed E-state index contributed by atoms with van der Waals surface area (Å²) < 4.78 is 5.76. The topological polar surface area (TPSA) is 58.6 Å². The van der Waals surface area contributed by atoms with E-state index in [0.717, 1.165) is 5.56 Å². The van der Waals surface area contributed by atoms with Gasteiger partial charge in [-0.1, -0.05) is 28.1 Å². The van der Waals surface area contributed by atoms with Crippen LogP contribution >= 0.6 is 15.9 Å². The average Bonchev–Trinajstić information content (AvgIpc) is 2.39. The average molecular weight is 336 g/mol. The summed E-state index contributed by atoms with van der Waals surface area (Å²) in [5.41, 5.74) is 1.85. The predicted molar refractivity (Wildman–Crippen MR) is 80.9 cm³/mol. The summed E-state index contributed by atoms with van der Waals surface area (Å²) in [5.74, 6) is -0.422. The number of hydrogen-bond acceptors (Lipinski definition) is 3. The van der Waals surface area contributed by atoms with E-state index in [1.165, 1.54) is 6.07 Å². The number of aromatic hydroxyl groups is 1. The van der Waals surface area contributed by atoms with Gasteiger partial charge in [0.05, 0.1) is 12.2 Å². The number of amides is 1. The summed E-state index contributed by atoms with van der Waals surface area (Å²) in [6.45, 7) is 0.479. The van der Waals surface area contributed by atoms with Crippen molar-refractivity contribution in [2.24, 2.45) is 0 Å². The lowest BCUT2D eigenvalue weighted by molar-refractivity contribution is 0.102. The Labute approximate surface area is 125 Å². The largest absolute Gasteiger partial charge is 0.507 e. The monoisotopic (exact) mass is 335 g/mol. The van der Waals surface area contributed by atoms with Gasteiger partial charge < -0.3 is 15.2 Å². The number of phenolic OH excluding ortho intramolecular Hbond substituents is 1. The Morgan fingerprint density at radius 3 is 2.80 bits per heavy atom. The molecule has 0 saturated carbocycles. The Morgan fingerprint density at radius 2 is 2.10 bits per heavy atom. The van der Waals surface area contributed by atoms with Gasteiger partial charge in [-0.25, -0.2) is 0 Å². The van der Waals surface area contributed by atoms with E-state index in [9.17, 15) is 9.90 Å². The maximum absolute atomic E-state index is 12.1. The van der Waals surface area contributed by atoms with Crippen LogP contribution in [-0.2, 0) is 11.3 Å². The first-order valence-corrected chi connectivity index (χ1v) is 6.77. The zero-order valence-electron chi connectivity index (χ0n) is 10.9. The van der Waals surface area contributed by atoms with E-state index in [0.29, 0.717) is 16.8 Å². The van der Waals surface area contributed by atoms with Crippen LogP contribution in [0, 0.1) is 0 Å². The van der Waals surface area contributed by atoms with Crippen LogP contribution in [0.3, 0.4) is 0 Å². The van der Waals surface area contributed by atoms with Gasteiger partial charge in [-0.05, 0) is 35.9 Å². The quantitative estimate of drug-likeness (QED) is 0.898. The van der Waals surface area contributed by atoms with Gasteiger partial charge >= 0.3 is 0 Å². The third kappa shape index (κ3) is 3.59. The van der Waals surface area contributed by atoms with Crippen LogP contribution in [0.25, 0.3) is 0 Å². The molecular formula is C15H14BrNO3. The third-order valence-corrected chi connectivity index (χ3v) is 3.19. The first kappa shape index (κ1) is 14.6. The zero-order chi connectivity index (χ0) is 14.5. The normalized spacial score (nSPS) is 10.3. The van der Waals surface area contributed by atoms with Crippen molar-refractivity contribution in [1.29, 1.82) is 0 Å². The number of carbonyl (C=O) groups excluding carboxylic acids is 1. The summed E-state index contributed by atoms with van der Waals surface area (Å²) in [6, 6.07) is 12.1. The number of hydrogen-bond donors (Lipinski definition) is 2. The highest BCUT2D eigenvalue weighted by Crippen LogP contribution is 2.23. The molecule has 0 aliphatic carbocycles. The molecule has 0 bridgehead atoms. The van der Waals surface area contributed by atoms with Gasteiger partial charge in [0.15, 0.2) is 0 Å². The number of phenols is 1. The number of benzene rings is 2. The van der Waals surface area contributed by atoms with Gasteiger partial charge in [-0.2, -0.15) is 0 Å². The lowest BCUT2D eigenvalue weighted by atomic mass is 10.1. The number of nitrogens with one attached hydrogen (secondary N) is 1. The Balaban J connectivity index is 2.17. The molecule has 2 aromatic rings. The molecule has 4 nitrogen and oxygen atoms in total. The lowest BCUT2D eigenvalue weighted by Crippen LogP contribution is -2.12. The predicted octanol–water partition coefficient (Wildman–Crippen LogP) is 3.55. The number of halogens is 1. The highest BCUT2D eigenvalue weighted by Gasteiger charge is 2.11. The number of rotatable bonds is 4. The minimum absolute atomic E-state index is 0.0649. The molecule has 0 aliphatic rings. The Kier molecular flexibility index (Phi) is 4.76. The van der Waals surface area contributed by atoms with E-state index < -0.39 is 0 Å². The summed E-state index contributed by atoms with van der Waals surface area (Å²) in [5, 5.41) is 12.5. The first-order valence-electron chi connectivity index (χ1n) is 5.98. The second kappa shape index (κ2) is 6.54. The molecule has 20 heavy (non-hydrogen) atoms. The Hall–Kier alpha value is -1.85. The Morgan fingerprint density at radius 1 is 1.30 bits per heavy atom. The molecular weight excluding hydrogens is 322 g/mol. The molecule has 0 fully saturated rings. The van der Waals surface area contributed by atoms with Crippen molar-refractivity contribution >= 4 is 27.5 Å². The SMILES string of the molecule is COCc1cccc(NC(=O)c2ccc(Br)cc2O)c1. The number of ether oxygens (including phenoxy) is 1. The van der Waals surface area contributed by atoms with Crippen LogP contribution in [0.15, 0.2) is 46.9 Å². The summed E-state index contributed by atoms with van der Waals surface area (Å²) in [6.07, 6.45) is 0. The fourth-order valence-electron chi connectivity index (χ4n) is 1.80. The van der Waals surface area contributed by atoms with E-state index >= 15 is 0 Å². The summed E-state index contributed by atoms with van der Waals surface area (Å²) in [7, 11) is 1.62. The van der Waals surface area contributed by atoms with Gasteiger partial charge in [0.25, 0.3) is 5.91 Å². The molecule has 0 atom stereocenters. The molecule has 0 spiro atoms. The van der Waals surface area contributed by atoms with E-state index in [2.05, 4.69) is 21.2 Å². The molecule has 0 unspecified atom stereocenters. The molecule has 0 heterocycles. The number of methoxy groups -OCH3 is 1. The molecule has 5 heteroatoms. The van der Waals surface area contributed by atoms with Crippen molar-refractivity contribution in [3.8, 4) is 5.75 Å². The molecule has 2 aromatic carbocycles. The maximum Gasteiger partial charge on any atom is 0.259 e. The van der Waals surface area contributed by atoms with Crippen molar-refractivity contribution < 1.29 is 14.6 Å². The molecule has 1 amide bonds. The van der Waals surface area contributed by atoms with E-state index in [-0.39, 0.29) is 17.2 Å². The van der Waals surface area contributed by atoms with Gasteiger partial charge in [0.2, 0.25) is 0 Å². The second-order valence-corrected chi connectivity index (χ2v) is 5.16. The van der Waals surface area contributed by atoms with Crippen LogP contribution in [0.4, 0.5) is 5.69 Å². The lowest BCUT2D eigenvalue weighted by Gasteiger charge is -2.08. The van der Waals surface area contributed by atoms with Crippen LogP contribution in [0.1, 0.15) is 15.9 Å². The van der Waals surface area contributed by atoms with Crippen LogP contribution in [0.5, 0.6) is 5.75 Å². The van der Waals surface area contributed by atoms with Crippen LogP contribution in [-0.4, -0.2) is 18.1 Å². The molecule has 0 aromatic heterocycles.